The second-order valence-corrected chi connectivity index (χ2v) is 6.29. The summed E-state index contributed by atoms with van der Waals surface area (Å²) in [5.74, 6) is -0.0553. The number of non-ortho nitro benzene ring substituents is 1. The van der Waals surface area contributed by atoms with Gasteiger partial charge in [0.1, 0.15) is 16.2 Å². The van der Waals surface area contributed by atoms with E-state index < -0.39 is 20.7 Å². The lowest BCUT2D eigenvalue weighted by Crippen LogP contribution is -2.09. The van der Waals surface area contributed by atoms with E-state index in [2.05, 4.69) is 0 Å². The van der Waals surface area contributed by atoms with Crippen LogP contribution in [0.4, 0.5) is 5.69 Å². The zero-order chi connectivity index (χ0) is 17.3. The van der Waals surface area contributed by atoms with Crippen molar-refractivity contribution in [2.75, 3.05) is 0 Å². The highest BCUT2D eigenvalue weighted by Gasteiger charge is 2.18. The molecule has 24 heavy (non-hydrogen) atoms. The molecule has 3 aromatic rings. The van der Waals surface area contributed by atoms with Crippen LogP contribution in [-0.4, -0.2) is 13.3 Å². The van der Waals surface area contributed by atoms with Crippen molar-refractivity contribution >= 4 is 26.8 Å². The average molecular weight is 347 g/mol. The highest BCUT2D eigenvalue weighted by atomic mass is 32.2. The Bertz CT molecular complexity index is 1080. The van der Waals surface area contributed by atoms with Gasteiger partial charge < -0.3 is 8.60 Å². The van der Waals surface area contributed by atoms with Gasteiger partial charge in [0.05, 0.1) is 4.92 Å². The standard InChI is InChI=1S/C15H9NO7S/c17-15-8-1-10-9-13(6-7-14(10)22-15)24(20,21)23-12-4-2-11(3-5-12)16(18)19/h1-9H. The minimum absolute atomic E-state index is 0.0553. The lowest BCUT2D eigenvalue weighted by molar-refractivity contribution is -0.384. The van der Waals surface area contributed by atoms with Gasteiger partial charge in [-0.1, -0.05) is 0 Å². The molecule has 0 fully saturated rings. The molecule has 0 saturated carbocycles. The van der Waals surface area contributed by atoms with Crippen LogP contribution < -0.4 is 9.81 Å². The summed E-state index contributed by atoms with van der Waals surface area (Å²) in [5.41, 5.74) is -0.475. The van der Waals surface area contributed by atoms with E-state index in [4.69, 9.17) is 8.60 Å². The van der Waals surface area contributed by atoms with Crippen LogP contribution in [0.15, 0.2) is 68.7 Å². The maximum atomic E-state index is 12.3. The molecule has 0 saturated heterocycles. The number of rotatable bonds is 4. The van der Waals surface area contributed by atoms with Gasteiger partial charge in [0, 0.05) is 23.6 Å². The summed E-state index contributed by atoms with van der Waals surface area (Å²) in [6.45, 7) is 0. The number of nitro groups is 1. The molecule has 0 amide bonds. The molecule has 0 aliphatic heterocycles. The first-order chi connectivity index (χ1) is 11.3. The van der Waals surface area contributed by atoms with Crippen LogP contribution in [0.3, 0.4) is 0 Å². The molecule has 0 unspecified atom stereocenters. The van der Waals surface area contributed by atoms with E-state index >= 15 is 0 Å². The Kier molecular flexibility index (Phi) is 3.78. The van der Waals surface area contributed by atoms with E-state index in [0.29, 0.717) is 5.39 Å². The van der Waals surface area contributed by atoms with Gasteiger partial charge in [0.15, 0.2) is 0 Å². The van der Waals surface area contributed by atoms with E-state index in [1.54, 1.807) is 0 Å². The van der Waals surface area contributed by atoms with E-state index in [1.807, 2.05) is 0 Å². The zero-order valence-corrected chi connectivity index (χ0v) is 12.7. The predicted molar refractivity (Wildman–Crippen MR) is 83.4 cm³/mol. The van der Waals surface area contributed by atoms with E-state index in [1.165, 1.54) is 42.5 Å². The SMILES string of the molecule is O=c1ccc2cc(S(=O)(=O)Oc3ccc([N+](=O)[O-])cc3)ccc2o1. The molecule has 3 rings (SSSR count). The fourth-order valence-corrected chi connectivity index (χ4v) is 2.97. The normalized spacial score (nSPS) is 11.3. The molecule has 0 aliphatic carbocycles. The first-order valence-electron chi connectivity index (χ1n) is 6.58. The third-order valence-corrected chi connectivity index (χ3v) is 4.38. The maximum absolute atomic E-state index is 12.3. The molecule has 0 spiro atoms. The third-order valence-electron chi connectivity index (χ3n) is 3.13. The molecule has 1 heterocycles. The van der Waals surface area contributed by atoms with Crippen molar-refractivity contribution in [2.24, 2.45) is 0 Å². The van der Waals surface area contributed by atoms with Crippen LogP contribution in [0, 0.1) is 10.1 Å². The summed E-state index contributed by atoms with van der Waals surface area (Å²) in [7, 11) is -4.14. The lowest BCUT2D eigenvalue weighted by Gasteiger charge is -2.07. The van der Waals surface area contributed by atoms with E-state index in [9.17, 15) is 23.3 Å². The first kappa shape index (κ1) is 15.7. The summed E-state index contributed by atoms with van der Waals surface area (Å²) >= 11 is 0. The molecular weight excluding hydrogens is 338 g/mol. The van der Waals surface area contributed by atoms with Gasteiger partial charge >= 0.3 is 15.7 Å². The second kappa shape index (κ2) is 5.78. The van der Waals surface area contributed by atoms with Gasteiger partial charge in [-0.15, -0.1) is 0 Å². The highest BCUT2D eigenvalue weighted by Crippen LogP contribution is 2.23. The largest absolute Gasteiger partial charge is 0.423 e. The van der Waals surface area contributed by atoms with Crippen molar-refractivity contribution in [2.45, 2.75) is 4.90 Å². The second-order valence-electron chi connectivity index (χ2n) is 4.74. The number of nitrogens with zero attached hydrogens (tertiary/aromatic N) is 1. The molecule has 0 radical (unpaired) electrons. The Morgan fingerprint density at radius 2 is 1.71 bits per heavy atom. The van der Waals surface area contributed by atoms with Crippen LogP contribution in [0.2, 0.25) is 0 Å². The third kappa shape index (κ3) is 3.10. The number of benzene rings is 2. The minimum Gasteiger partial charge on any atom is -0.423 e. The van der Waals surface area contributed by atoms with Crippen molar-refractivity contribution < 1.29 is 21.9 Å². The van der Waals surface area contributed by atoms with Crippen LogP contribution in [0.1, 0.15) is 0 Å². The van der Waals surface area contributed by atoms with Gasteiger partial charge in [-0.25, -0.2) is 4.79 Å². The van der Waals surface area contributed by atoms with E-state index in [-0.39, 0.29) is 21.9 Å². The Morgan fingerprint density at radius 3 is 2.38 bits per heavy atom. The van der Waals surface area contributed by atoms with Crippen LogP contribution in [0.25, 0.3) is 11.0 Å². The Labute approximate surface area is 135 Å². The zero-order valence-electron chi connectivity index (χ0n) is 11.9. The van der Waals surface area contributed by atoms with Gasteiger partial charge in [-0.3, -0.25) is 10.1 Å². The molecule has 122 valence electrons. The summed E-state index contributed by atoms with van der Waals surface area (Å²) < 4.78 is 34.4. The average Bonchev–Trinajstić information content (AvgIpc) is 2.54. The quantitative estimate of drug-likeness (QED) is 0.308. The number of hydrogen-bond donors (Lipinski definition) is 0. The number of nitro benzene ring substituents is 1. The van der Waals surface area contributed by atoms with Crippen LogP contribution >= 0.6 is 0 Å². The van der Waals surface area contributed by atoms with Crippen molar-refractivity contribution in [3.8, 4) is 5.75 Å². The van der Waals surface area contributed by atoms with Crippen molar-refractivity contribution in [1.29, 1.82) is 0 Å². The molecule has 9 heteroatoms. The monoisotopic (exact) mass is 347 g/mol. The molecular formula is C15H9NO7S. The smallest absolute Gasteiger partial charge is 0.339 e. The highest BCUT2D eigenvalue weighted by molar-refractivity contribution is 7.87. The van der Waals surface area contributed by atoms with Crippen LogP contribution in [-0.2, 0) is 10.1 Å². The summed E-state index contributed by atoms with van der Waals surface area (Å²) in [5, 5.41) is 11.0. The molecule has 0 N–H and O–H groups in total. The van der Waals surface area contributed by atoms with Crippen molar-refractivity contribution in [3.05, 3.63) is 75.1 Å². The first-order valence-corrected chi connectivity index (χ1v) is 7.99. The summed E-state index contributed by atoms with van der Waals surface area (Å²) in [4.78, 5) is 21.0. The molecule has 0 atom stereocenters. The molecule has 0 bridgehead atoms. The fraction of sp³-hybridized carbons (Fsp3) is 0. The van der Waals surface area contributed by atoms with Crippen LogP contribution in [0.5, 0.6) is 5.75 Å². The lowest BCUT2D eigenvalue weighted by atomic mass is 10.2. The van der Waals surface area contributed by atoms with Gasteiger partial charge in [0.25, 0.3) is 5.69 Å². The molecule has 0 aliphatic rings. The molecule has 2 aromatic carbocycles. The van der Waals surface area contributed by atoms with E-state index in [0.717, 1.165) is 12.1 Å². The molecule has 1 aromatic heterocycles. The van der Waals surface area contributed by atoms with Crippen molar-refractivity contribution in [3.63, 3.8) is 0 Å². The number of fused-ring (bicyclic) bond motifs is 1. The van der Waals surface area contributed by atoms with Crippen molar-refractivity contribution in [1.82, 2.24) is 0 Å². The van der Waals surface area contributed by atoms with Gasteiger partial charge in [-0.05, 0) is 36.4 Å². The fourth-order valence-electron chi connectivity index (χ4n) is 2.00. The Balaban J connectivity index is 1.93. The van der Waals surface area contributed by atoms with Gasteiger partial charge in [0.2, 0.25) is 0 Å². The minimum atomic E-state index is -4.14. The van der Waals surface area contributed by atoms with Gasteiger partial charge in [-0.2, -0.15) is 8.42 Å². The molecule has 8 nitrogen and oxygen atoms in total. The Morgan fingerprint density at radius 1 is 1.00 bits per heavy atom. The maximum Gasteiger partial charge on any atom is 0.339 e. The number of hydrogen-bond acceptors (Lipinski definition) is 7. The summed E-state index contributed by atoms with van der Waals surface area (Å²) in [6, 6.07) is 11.2. The Hall–Kier alpha value is -3.20. The predicted octanol–water partition coefficient (Wildman–Crippen LogP) is 2.47. The summed E-state index contributed by atoms with van der Waals surface area (Å²) in [6.07, 6.45) is 0. The topological polar surface area (TPSA) is 117 Å².